The Labute approximate surface area is 222 Å². The smallest absolute Gasteiger partial charge is 0.256 e. The molecule has 184 valence electrons. The molecular formula is C26H21BrClN3O4S. The molecule has 1 aliphatic rings. The molecule has 1 N–H and O–H groups in total. The summed E-state index contributed by atoms with van der Waals surface area (Å²) in [7, 11) is -3.84. The van der Waals surface area contributed by atoms with Crippen molar-refractivity contribution in [3.63, 3.8) is 0 Å². The number of rotatable bonds is 5. The lowest BCUT2D eigenvalue weighted by molar-refractivity contribution is 0.0730. The molecule has 0 bridgehead atoms. The van der Waals surface area contributed by atoms with Crippen LogP contribution in [0, 0.1) is 0 Å². The second kappa shape index (κ2) is 10.3. The normalized spacial score (nSPS) is 14.6. The Morgan fingerprint density at radius 3 is 2.56 bits per heavy atom. The van der Waals surface area contributed by atoms with Crippen LogP contribution in [0.1, 0.15) is 10.4 Å². The van der Waals surface area contributed by atoms with E-state index >= 15 is 0 Å². The van der Waals surface area contributed by atoms with Crippen molar-refractivity contribution in [1.29, 1.82) is 0 Å². The number of sulfonamides is 1. The average Bonchev–Trinajstić information content (AvgIpc) is 2.89. The number of hydrogen-bond acceptors (Lipinski definition) is 5. The molecule has 7 nitrogen and oxygen atoms in total. The minimum Gasteiger partial charge on any atom is -0.379 e. The molecule has 10 heteroatoms. The summed E-state index contributed by atoms with van der Waals surface area (Å²) in [5, 5.41) is 3.61. The Bertz CT molecular complexity index is 1570. The van der Waals surface area contributed by atoms with Gasteiger partial charge in [-0.3, -0.25) is 4.79 Å². The SMILES string of the molecule is O=C(Nc1ccc(Cl)c(S(=O)(=O)N2CCOCC2)c1)c1cc(-c2cccc(Br)c2)nc2ccccc12. The van der Waals surface area contributed by atoms with Crippen LogP contribution in [0.15, 0.2) is 82.2 Å². The first-order chi connectivity index (χ1) is 17.3. The van der Waals surface area contributed by atoms with Crippen molar-refractivity contribution >= 4 is 60.1 Å². The molecule has 5 rings (SSSR count). The molecule has 1 amide bonds. The number of aromatic nitrogens is 1. The molecule has 1 fully saturated rings. The first kappa shape index (κ1) is 24.9. The van der Waals surface area contributed by atoms with Crippen LogP contribution in [0.3, 0.4) is 0 Å². The number of amides is 1. The van der Waals surface area contributed by atoms with Gasteiger partial charge in [0.25, 0.3) is 5.91 Å². The number of morpholine rings is 1. The number of fused-ring (bicyclic) bond motifs is 1. The number of benzene rings is 3. The van der Waals surface area contributed by atoms with Crippen molar-refractivity contribution < 1.29 is 17.9 Å². The Balaban J connectivity index is 1.51. The quantitative estimate of drug-likeness (QED) is 0.329. The molecule has 1 aliphatic heterocycles. The summed E-state index contributed by atoms with van der Waals surface area (Å²) in [6, 6.07) is 21.2. The number of carbonyl (C=O) groups is 1. The second-order valence-electron chi connectivity index (χ2n) is 8.20. The monoisotopic (exact) mass is 585 g/mol. The molecule has 0 unspecified atom stereocenters. The number of para-hydroxylation sites is 1. The summed E-state index contributed by atoms with van der Waals surface area (Å²) in [5.41, 5.74) is 2.91. The van der Waals surface area contributed by atoms with E-state index in [-0.39, 0.29) is 28.9 Å². The van der Waals surface area contributed by atoms with E-state index in [9.17, 15) is 13.2 Å². The molecule has 1 saturated heterocycles. The van der Waals surface area contributed by atoms with Crippen LogP contribution in [-0.2, 0) is 14.8 Å². The highest BCUT2D eigenvalue weighted by Crippen LogP contribution is 2.30. The van der Waals surface area contributed by atoms with Gasteiger partial charge < -0.3 is 10.1 Å². The van der Waals surface area contributed by atoms with Gasteiger partial charge in [0.1, 0.15) is 4.90 Å². The molecule has 0 saturated carbocycles. The van der Waals surface area contributed by atoms with E-state index in [0.29, 0.717) is 41.1 Å². The number of ether oxygens (including phenoxy) is 1. The number of nitrogens with zero attached hydrogens (tertiary/aromatic N) is 2. The van der Waals surface area contributed by atoms with E-state index in [4.69, 9.17) is 21.3 Å². The largest absolute Gasteiger partial charge is 0.379 e. The Morgan fingerprint density at radius 2 is 1.78 bits per heavy atom. The lowest BCUT2D eigenvalue weighted by Gasteiger charge is -2.26. The number of halogens is 2. The van der Waals surface area contributed by atoms with Gasteiger partial charge in [0, 0.05) is 34.2 Å². The highest BCUT2D eigenvalue weighted by molar-refractivity contribution is 9.10. The highest BCUT2D eigenvalue weighted by Gasteiger charge is 2.29. The van der Waals surface area contributed by atoms with E-state index in [1.165, 1.54) is 16.4 Å². The van der Waals surface area contributed by atoms with Crippen LogP contribution >= 0.6 is 27.5 Å². The van der Waals surface area contributed by atoms with Gasteiger partial charge in [0.15, 0.2) is 0 Å². The lowest BCUT2D eigenvalue weighted by atomic mass is 10.0. The van der Waals surface area contributed by atoms with Crippen molar-refractivity contribution in [1.82, 2.24) is 9.29 Å². The van der Waals surface area contributed by atoms with Crippen LogP contribution < -0.4 is 5.32 Å². The van der Waals surface area contributed by atoms with Gasteiger partial charge in [-0.2, -0.15) is 4.31 Å². The zero-order valence-corrected chi connectivity index (χ0v) is 22.1. The second-order valence-corrected chi connectivity index (χ2v) is 11.4. The maximum Gasteiger partial charge on any atom is 0.256 e. The summed E-state index contributed by atoms with van der Waals surface area (Å²) in [6.07, 6.45) is 0. The highest BCUT2D eigenvalue weighted by atomic mass is 79.9. The van der Waals surface area contributed by atoms with Gasteiger partial charge in [-0.1, -0.05) is 57.9 Å². The summed E-state index contributed by atoms with van der Waals surface area (Å²) in [4.78, 5) is 18.1. The Morgan fingerprint density at radius 1 is 1.00 bits per heavy atom. The predicted octanol–water partition coefficient (Wildman–Crippen LogP) is 5.59. The molecule has 0 atom stereocenters. The minimum atomic E-state index is -3.84. The Hall–Kier alpha value is -2.82. The molecule has 1 aromatic heterocycles. The van der Waals surface area contributed by atoms with Crippen molar-refractivity contribution in [2.75, 3.05) is 31.6 Å². The molecule has 2 heterocycles. The molecule has 36 heavy (non-hydrogen) atoms. The first-order valence-electron chi connectivity index (χ1n) is 11.2. The van der Waals surface area contributed by atoms with Gasteiger partial charge in [-0.05, 0) is 42.5 Å². The van der Waals surface area contributed by atoms with Gasteiger partial charge in [0.05, 0.1) is 35.0 Å². The zero-order chi connectivity index (χ0) is 25.3. The van der Waals surface area contributed by atoms with Crippen molar-refractivity contribution in [3.05, 3.63) is 87.9 Å². The van der Waals surface area contributed by atoms with E-state index in [2.05, 4.69) is 21.2 Å². The third-order valence-corrected chi connectivity index (χ3v) is 8.73. The molecule has 0 aliphatic carbocycles. The molecular weight excluding hydrogens is 566 g/mol. The third kappa shape index (κ3) is 5.02. The predicted molar refractivity (Wildman–Crippen MR) is 144 cm³/mol. The summed E-state index contributed by atoms with van der Waals surface area (Å²) in [5.74, 6) is -0.387. The van der Waals surface area contributed by atoms with Crippen LogP contribution in [0.2, 0.25) is 5.02 Å². The molecule has 0 radical (unpaired) electrons. The van der Waals surface area contributed by atoms with Gasteiger partial charge in [-0.25, -0.2) is 13.4 Å². The fourth-order valence-corrected chi connectivity index (χ4v) is 6.37. The van der Waals surface area contributed by atoms with Crippen LogP contribution in [0.5, 0.6) is 0 Å². The van der Waals surface area contributed by atoms with Crippen LogP contribution in [-0.4, -0.2) is 49.9 Å². The van der Waals surface area contributed by atoms with Gasteiger partial charge in [-0.15, -0.1) is 0 Å². The third-order valence-electron chi connectivity index (χ3n) is 5.86. The molecule has 3 aromatic carbocycles. The molecule has 0 spiro atoms. The lowest BCUT2D eigenvalue weighted by Crippen LogP contribution is -2.40. The zero-order valence-electron chi connectivity index (χ0n) is 18.9. The van der Waals surface area contributed by atoms with Gasteiger partial charge >= 0.3 is 0 Å². The van der Waals surface area contributed by atoms with Crippen LogP contribution in [0.25, 0.3) is 22.2 Å². The summed E-state index contributed by atoms with van der Waals surface area (Å²) in [6.45, 7) is 1.14. The minimum absolute atomic E-state index is 0.0572. The standard InChI is InChI=1S/C26H21BrClN3O4S/c27-18-5-3-4-17(14-18)24-16-21(20-6-1-2-7-23(20)30-24)26(32)29-19-8-9-22(28)25(15-19)36(33,34)31-10-12-35-13-11-31/h1-9,14-16H,10-13H2,(H,29,32). The number of pyridine rings is 1. The van der Waals surface area contributed by atoms with Crippen molar-refractivity contribution in [2.45, 2.75) is 4.90 Å². The van der Waals surface area contributed by atoms with E-state index < -0.39 is 10.0 Å². The number of carbonyl (C=O) groups excluding carboxylic acids is 1. The fourth-order valence-electron chi connectivity index (χ4n) is 4.06. The van der Waals surface area contributed by atoms with E-state index in [0.717, 1.165) is 10.0 Å². The summed E-state index contributed by atoms with van der Waals surface area (Å²) >= 11 is 9.75. The van der Waals surface area contributed by atoms with E-state index in [1.807, 2.05) is 48.5 Å². The fraction of sp³-hybridized carbons (Fsp3) is 0.154. The molecule has 4 aromatic rings. The number of nitrogens with one attached hydrogen (secondary N) is 1. The van der Waals surface area contributed by atoms with Gasteiger partial charge in [0.2, 0.25) is 10.0 Å². The van der Waals surface area contributed by atoms with Crippen molar-refractivity contribution in [2.24, 2.45) is 0 Å². The number of hydrogen-bond donors (Lipinski definition) is 1. The van der Waals surface area contributed by atoms with E-state index in [1.54, 1.807) is 12.1 Å². The topological polar surface area (TPSA) is 88.6 Å². The number of anilines is 1. The summed E-state index contributed by atoms with van der Waals surface area (Å²) < 4.78 is 33.9. The van der Waals surface area contributed by atoms with Crippen LogP contribution in [0.4, 0.5) is 5.69 Å². The maximum atomic E-state index is 13.5. The average molecular weight is 587 g/mol. The first-order valence-corrected chi connectivity index (χ1v) is 13.8. The maximum absolute atomic E-state index is 13.5. The Kier molecular flexibility index (Phi) is 7.09. The van der Waals surface area contributed by atoms with Crippen molar-refractivity contribution in [3.8, 4) is 11.3 Å².